The van der Waals surface area contributed by atoms with Crippen LogP contribution < -0.4 is 5.32 Å². The quantitative estimate of drug-likeness (QED) is 0.205. The fraction of sp³-hybridized carbons (Fsp3) is 0.148. The SMILES string of the molecule is Oc1cc(F)cc(-c2ccnc3nc(-c4[nH]nc5ncc(-c6cncc(NC(O)C7CC7)c6)cc45)[nH]c23)c1. The summed E-state index contributed by atoms with van der Waals surface area (Å²) < 4.78 is 14.0. The number of fused-ring (bicyclic) bond motifs is 2. The molecule has 1 aliphatic carbocycles. The first-order valence-corrected chi connectivity index (χ1v) is 12.1. The Balaban J connectivity index is 1.28. The third-order valence-corrected chi connectivity index (χ3v) is 6.69. The number of imidazole rings is 1. The highest BCUT2D eigenvalue weighted by atomic mass is 19.1. The van der Waals surface area contributed by atoms with Crippen LogP contribution in [0.1, 0.15) is 12.8 Å². The molecule has 1 aromatic carbocycles. The number of benzene rings is 1. The zero-order chi connectivity index (χ0) is 25.8. The van der Waals surface area contributed by atoms with Gasteiger partial charge in [-0.3, -0.25) is 10.1 Å². The molecule has 11 heteroatoms. The van der Waals surface area contributed by atoms with Crippen molar-refractivity contribution in [3.05, 3.63) is 67.0 Å². The van der Waals surface area contributed by atoms with Crippen molar-refractivity contribution in [3.63, 3.8) is 0 Å². The molecule has 1 saturated carbocycles. The molecule has 0 saturated heterocycles. The molecule has 1 unspecified atom stereocenters. The number of nitrogens with zero attached hydrogens (tertiary/aromatic N) is 5. The average molecular weight is 509 g/mol. The van der Waals surface area contributed by atoms with Crippen molar-refractivity contribution in [2.75, 3.05) is 5.32 Å². The van der Waals surface area contributed by atoms with Gasteiger partial charge in [0.25, 0.3) is 0 Å². The van der Waals surface area contributed by atoms with E-state index in [1.807, 2.05) is 12.1 Å². The molecule has 1 atom stereocenters. The Hall–Kier alpha value is -4.90. The van der Waals surface area contributed by atoms with Crippen LogP contribution in [-0.4, -0.2) is 51.6 Å². The van der Waals surface area contributed by atoms with E-state index in [1.165, 1.54) is 12.1 Å². The lowest BCUT2D eigenvalue weighted by Gasteiger charge is -2.13. The Bertz CT molecular complexity index is 1810. The van der Waals surface area contributed by atoms with Crippen LogP contribution in [0.2, 0.25) is 0 Å². The molecule has 1 aliphatic rings. The molecule has 0 amide bonds. The van der Waals surface area contributed by atoms with Gasteiger partial charge in [-0.05, 0) is 48.7 Å². The van der Waals surface area contributed by atoms with Crippen LogP contribution in [0.4, 0.5) is 10.1 Å². The monoisotopic (exact) mass is 508 g/mol. The summed E-state index contributed by atoms with van der Waals surface area (Å²) in [5, 5.41) is 31.3. The second-order valence-electron chi connectivity index (χ2n) is 9.42. The molecule has 7 rings (SSSR count). The Morgan fingerprint density at radius 1 is 0.974 bits per heavy atom. The number of aromatic hydroxyl groups is 1. The normalized spacial score (nSPS) is 14.3. The predicted octanol–water partition coefficient (Wildman–Crippen LogP) is 4.61. The number of rotatable bonds is 6. The van der Waals surface area contributed by atoms with Gasteiger partial charge in [-0.1, -0.05) is 0 Å². The van der Waals surface area contributed by atoms with E-state index >= 15 is 0 Å². The molecule has 5 N–H and O–H groups in total. The number of phenols is 1. The second kappa shape index (κ2) is 8.60. The molecule has 0 radical (unpaired) electrons. The molecule has 1 fully saturated rings. The van der Waals surface area contributed by atoms with Gasteiger partial charge in [-0.25, -0.2) is 19.3 Å². The Kier molecular flexibility index (Phi) is 5.05. The van der Waals surface area contributed by atoms with Crippen molar-refractivity contribution >= 4 is 27.9 Å². The van der Waals surface area contributed by atoms with E-state index in [2.05, 4.69) is 40.4 Å². The van der Waals surface area contributed by atoms with Crippen LogP contribution in [0.5, 0.6) is 5.75 Å². The maximum absolute atomic E-state index is 14.0. The Morgan fingerprint density at radius 2 is 1.84 bits per heavy atom. The van der Waals surface area contributed by atoms with Crippen LogP contribution in [-0.2, 0) is 0 Å². The summed E-state index contributed by atoms with van der Waals surface area (Å²) in [7, 11) is 0. The van der Waals surface area contributed by atoms with E-state index < -0.39 is 12.0 Å². The highest BCUT2D eigenvalue weighted by molar-refractivity contribution is 5.96. The van der Waals surface area contributed by atoms with Crippen LogP contribution in [0.25, 0.3) is 56.0 Å². The van der Waals surface area contributed by atoms with Crippen LogP contribution in [0.15, 0.2) is 61.2 Å². The van der Waals surface area contributed by atoms with Gasteiger partial charge in [0.05, 0.1) is 22.8 Å². The number of pyridine rings is 3. The summed E-state index contributed by atoms with van der Waals surface area (Å²) in [5.74, 6) is 0.0658. The second-order valence-corrected chi connectivity index (χ2v) is 9.42. The smallest absolute Gasteiger partial charge is 0.181 e. The van der Waals surface area contributed by atoms with Crippen molar-refractivity contribution in [2.45, 2.75) is 19.1 Å². The molecule has 10 nitrogen and oxygen atoms in total. The molecular weight excluding hydrogens is 487 g/mol. The van der Waals surface area contributed by atoms with E-state index in [9.17, 15) is 14.6 Å². The van der Waals surface area contributed by atoms with Gasteiger partial charge in [0.2, 0.25) is 0 Å². The first-order valence-electron chi connectivity index (χ1n) is 12.1. The minimum Gasteiger partial charge on any atom is -0.508 e. The van der Waals surface area contributed by atoms with Gasteiger partial charge in [-0.2, -0.15) is 5.10 Å². The summed E-state index contributed by atoms with van der Waals surface area (Å²) in [6.07, 6.45) is 8.19. The van der Waals surface area contributed by atoms with Crippen LogP contribution in [0.3, 0.4) is 0 Å². The average Bonchev–Trinajstić information content (AvgIpc) is 3.54. The van der Waals surface area contributed by atoms with Crippen molar-refractivity contribution < 1.29 is 14.6 Å². The molecule has 5 heterocycles. The first kappa shape index (κ1) is 22.3. The third-order valence-electron chi connectivity index (χ3n) is 6.69. The lowest BCUT2D eigenvalue weighted by Crippen LogP contribution is -2.20. The lowest BCUT2D eigenvalue weighted by atomic mass is 10.1. The van der Waals surface area contributed by atoms with Crippen molar-refractivity contribution in [1.82, 2.24) is 35.1 Å². The third kappa shape index (κ3) is 3.98. The molecule has 0 aliphatic heterocycles. The number of hydrogen-bond acceptors (Lipinski definition) is 8. The molecular formula is C27H21FN8O2. The molecule has 0 spiro atoms. The van der Waals surface area contributed by atoms with Gasteiger partial charge < -0.3 is 20.5 Å². The maximum Gasteiger partial charge on any atom is 0.181 e. The van der Waals surface area contributed by atoms with Crippen LogP contribution in [0, 0.1) is 11.7 Å². The van der Waals surface area contributed by atoms with E-state index in [4.69, 9.17) is 0 Å². The Morgan fingerprint density at radius 3 is 2.68 bits per heavy atom. The van der Waals surface area contributed by atoms with E-state index in [0.29, 0.717) is 39.5 Å². The number of anilines is 1. The number of aliphatic hydroxyl groups is 1. The minimum atomic E-state index is -0.587. The van der Waals surface area contributed by atoms with Gasteiger partial charge in [-0.15, -0.1) is 0 Å². The largest absolute Gasteiger partial charge is 0.508 e. The number of nitrogens with one attached hydrogen (secondary N) is 3. The topological polar surface area (TPSA) is 149 Å². The number of hydrogen-bond donors (Lipinski definition) is 5. The van der Waals surface area contributed by atoms with E-state index in [0.717, 1.165) is 41.1 Å². The van der Waals surface area contributed by atoms with E-state index in [-0.39, 0.29) is 11.7 Å². The zero-order valence-electron chi connectivity index (χ0n) is 19.9. The minimum absolute atomic E-state index is 0.168. The fourth-order valence-corrected chi connectivity index (χ4v) is 4.61. The van der Waals surface area contributed by atoms with Crippen molar-refractivity contribution in [1.29, 1.82) is 0 Å². The van der Waals surface area contributed by atoms with Gasteiger partial charge in [0, 0.05) is 47.3 Å². The molecule has 0 bridgehead atoms. The summed E-state index contributed by atoms with van der Waals surface area (Å²) in [4.78, 5) is 21.1. The summed E-state index contributed by atoms with van der Waals surface area (Å²) >= 11 is 0. The van der Waals surface area contributed by atoms with Crippen LogP contribution >= 0.6 is 0 Å². The number of H-pyrrole nitrogens is 2. The van der Waals surface area contributed by atoms with Gasteiger partial charge in [0.15, 0.2) is 17.1 Å². The van der Waals surface area contributed by atoms with Gasteiger partial charge >= 0.3 is 0 Å². The van der Waals surface area contributed by atoms with Gasteiger partial charge in [0.1, 0.15) is 23.5 Å². The summed E-state index contributed by atoms with van der Waals surface area (Å²) in [5.41, 5.74) is 5.69. The summed E-state index contributed by atoms with van der Waals surface area (Å²) in [6.45, 7) is 0. The highest BCUT2D eigenvalue weighted by Gasteiger charge is 2.29. The Labute approximate surface area is 214 Å². The predicted molar refractivity (Wildman–Crippen MR) is 139 cm³/mol. The van der Waals surface area contributed by atoms with Crippen molar-refractivity contribution in [2.24, 2.45) is 5.92 Å². The molecule has 5 aromatic heterocycles. The number of aromatic nitrogens is 7. The lowest BCUT2D eigenvalue weighted by molar-refractivity contribution is 0.180. The number of aliphatic hydroxyl groups excluding tert-OH is 1. The fourth-order valence-electron chi connectivity index (χ4n) is 4.61. The molecule has 188 valence electrons. The maximum atomic E-state index is 14.0. The number of phenolic OH excluding ortho intramolecular Hbond substituents is 1. The summed E-state index contributed by atoms with van der Waals surface area (Å²) in [6, 6.07) is 9.49. The standard InChI is InChI=1S/C27H21FN8O2/c28-17-5-14(7-19(37)9-17)20-3-4-30-25-22(20)33-26(34-25)23-21-8-16(11-31-24(21)36-35-23)15-6-18(12-29-10-15)32-27(38)13-1-2-13/h3-13,27,32,37-38H,1-2H2,(H,30,33,34)(H,31,35,36). The zero-order valence-corrected chi connectivity index (χ0v) is 19.9. The van der Waals surface area contributed by atoms with E-state index in [1.54, 1.807) is 30.9 Å². The highest BCUT2D eigenvalue weighted by Crippen LogP contribution is 2.35. The number of aromatic amines is 2. The first-order chi connectivity index (χ1) is 18.5. The number of halogens is 1. The molecule has 6 aromatic rings. The van der Waals surface area contributed by atoms with Crippen molar-refractivity contribution in [3.8, 4) is 39.5 Å². The molecule has 38 heavy (non-hydrogen) atoms.